The van der Waals surface area contributed by atoms with E-state index in [1.54, 1.807) is 0 Å². The van der Waals surface area contributed by atoms with E-state index in [2.05, 4.69) is 62.2 Å². The van der Waals surface area contributed by atoms with E-state index >= 15 is 0 Å². The number of aromatic nitrogens is 2. The highest BCUT2D eigenvalue weighted by atomic mass is 79.9. The van der Waals surface area contributed by atoms with Crippen LogP contribution >= 0.6 is 15.9 Å². The van der Waals surface area contributed by atoms with Crippen LogP contribution in [-0.2, 0) is 6.54 Å². The van der Waals surface area contributed by atoms with Gasteiger partial charge in [0, 0.05) is 35.2 Å². The number of nitrogens with one attached hydrogen (secondary N) is 1. The number of hydrogen-bond donors (Lipinski definition) is 1. The molecule has 0 radical (unpaired) electrons. The highest BCUT2D eigenvalue weighted by molar-refractivity contribution is 9.10. The van der Waals surface area contributed by atoms with Crippen LogP contribution in [0.1, 0.15) is 11.3 Å². The molecular formula is C16H16BrN3. The van der Waals surface area contributed by atoms with Crippen molar-refractivity contribution in [2.45, 2.75) is 13.5 Å². The van der Waals surface area contributed by atoms with Crippen molar-refractivity contribution in [2.75, 3.05) is 11.9 Å². The number of pyridine rings is 1. The molecule has 3 rings (SSSR count). The van der Waals surface area contributed by atoms with Gasteiger partial charge >= 0.3 is 0 Å². The van der Waals surface area contributed by atoms with Crippen molar-refractivity contribution in [1.29, 1.82) is 0 Å². The van der Waals surface area contributed by atoms with Crippen LogP contribution < -0.4 is 4.90 Å². The number of H-pyrrole nitrogens is 1. The lowest BCUT2D eigenvalue weighted by molar-refractivity contribution is 0.896. The maximum atomic E-state index is 4.60. The van der Waals surface area contributed by atoms with E-state index in [1.165, 1.54) is 16.5 Å². The predicted molar refractivity (Wildman–Crippen MR) is 87.1 cm³/mol. The van der Waals surface area contributed by atoms with Crippen LogP contribution in [0.5, 0.6) is 0 Å². The lowest BCUT2D eigenvalue weighted by Crippen LogP contribution is -2.17. The Morgan fingerprint density at radius 2 is 2.00 bits per heavy atom. The van der Waals surface area contributed by atoms with Gasteiger partial charge in [-0.2, -0.15) is 0 Å². The molecule has 1 N–H and O–H groups in total. The lowest BCUT2D eigenvalue weighted by Gasteiger charge is -2.18. The van der Waals surface area contributed by atoms with Gasteiger partial charge < -0.3 is 9.88 Å². The molecule has 0 saturated carbocycles. The summed E-state index contributed by atoms with van der Waals surface area (Å²) in [5, 5.41) is 1.27. The fourth-order valence-electron chi connectivity index (χ4n) is 2.34. The van der Waals surface area contributed by atoms with Crippen LogP contribution in [0, 0.1) is 6.92 Å². The maximum Gasteiger partial charge on any atom is 0.128 e. The minimum absolute atomic E-state index is 0.831. The summed E-state index contributed by atoms with van der Waals surface area (Å²) in [6.07, 6.45) is 2.08. The summed E-state index contributed by atoms with van der Waals surface area (Å²) in [5.74, 6) is 0.982. The molecule has 0 saturated heterocycles. The van der Waals surface area contributed by atoms with E-state index in [9.17, 15) is 0 Å². The number of para-hydroxylation sites is 1. The van der Waals surface area contributed by atoms with Gasteiger partial charge in [-0.1, -0.05) is 18.2 Å². The number of aryl methyl sites for hydroxylation is 1. The number of halogens is 1. The maximum absolute atomic E-state index is 4.60. The van der Waals surface area contributed by atoms with Gasteiger partial charge in [-0.15, -0.1) is 0 Å². The van der Waals surface area contributed by atoms with Crippen molar-refractivity contribution >= 4 is 32.7 Å². The van der Waals surface area contributed by atoms with Crippen LogP contribution in [0.25, 0.3) is 10.9 Å². The summed E-state index contributed by atoms with van der Waals surface area (Å²) in [5.41, 5.74) is 3.47. The number of benzene rings is 1. The van der Waals surface area contributed by atoms with Gasteiger partial charge in [0.25, 0.3) is 0 Å². The summed E-state index contributed by atoms with van der Waals surface area (Å²) in [6, 6.07) is 12.4. The Morgan fingerprint density at radius 1 is 1.20 bits per heavy atom. The monoisotopic (exact) mass is 329 g/mol. The zero-order chi connectivity index (χ0) is 14.1. The van der Waals surface area contributed by atoms with Gasteiger partial charge in [0.15, 0.2) is 0 Å². The molecule has 4 heteroatoms. The molecular weight excluding hydrogens is 314 g/mol. The first-order valence-corrected chi connectivity index (χ1v) is 7.34. The summed E-state index contributed by atoms with van der Waals surface area (Å²) in [7, 11) is 2.07. The third-order valence-electron chi connectivity index (χ3n) is 3.48. The number of hydrogen-bond acceptors (Lipinski definition) is 2. The number of fused-ring (bicyclic) bond motifs is 1. The topological polar surface area (TPSA) is 31.9 Å². The molecule has 0 amide bonds. The smallest absolute Gasteiger partial charge is 0.128 e. The average Bonchev–Trinajstić information content (AvgIpc) is 2.85. The highest BCUT2D eigenvalue weighted by Gasteiger charge is 2.09. The van der Waals surface area contributed by atoms with E-state index in [4.69, 9.17) is 0 Å². The van der Waals surface area contributed by atoms with E-state index in [1.807, 2.05) is 25.1 Å². The second-order valence-electron chi connectivity index (χ2n) is 4.95. The van der Waals surface area contributed by atoms with Crippen LogP contribution in [0.4, 0.5) is 5.82 Å². The van der Waals surface area contributed by atoms with E-state index < -0.39 is 0 Å². The largest absolute Gasteiger partial charge is 0.361 e. The quantitative estimate of drug-likeness (QED) is 0.778. The molecule has 0 aliphatic carbocycles. The molecule has 0 spiro atoms. The minimum atomic E-state index is 0.831. The molecule has 0 unspecified atom stereocenters. The molecule has 1 aromatic carbocycles. The summed E-state index contributed by atoms with van der Waals surface area (Å²) in [6.45, 7) is 2.84. The van der Waals surface area contributed by atoms with Crippen molar-refractivity contribution in [1.82, 2.24) is 9.97 Å². The second-order valence-corrected chi connectivity index (χ2v) is 5.81. The van der Waals surface area contributed by atoms with Crippen molar-refractivity contribution < 1.29 is 0 Å². The first-order chi connectivity index (χ1) is 9.65. The fraction of sp³-hybridized carbons (Fsp3) is 0.188. The van der Waals surface area contributed by atoms with Crippen molar-refractivity contribution in [3.63, 3.8) is 0 Å². The Morgan fingerprint density at radius 3 is 2.80 bits per heavy atom. The minimum Gasteiger partial charge on any atom is -0.361 e. The van der Waals surface area contributed by atoms with Gasteiger partial charge in [0.2, 0.25) is 0 Å². The number of rotatable bonds is 3. The molecule has 0 aliphatic rings. The molecule has 0 aliphatic heterocycles. The molecule has 0 atom stereocenters. The molecule has 0 bridgehead atoms. The number of anilines is 1. The Labute approximate surface area is 126 Å². The number of aromatic amines is 1. The van der Waals surface area contributed by atoms with Gasteiger partial charge in [-0.05, 0) is 46.6 Å². The standard InChI is InChI=1S/C16H16BrN3/c1-11-14(17)7-8-16(19-11)20(2)10-12-9-18-15-6-4-3-5-13(12)15/h3-9,18H,10H2,1-2H3. The molecule has 3 aromatic rings. The van der Waals surface area contributed by atoms with Gasteiger partial charge in [-0.25, -0.2) is 4.98 Å². The third-order valence-corrected chi connectivity index (χ3v) is 4.32. The van der Waals surface area contributed by atoms with Crippen molar-refractivity contribution in [2.24, 2.45) is 0 Å². The first-order valence-electron chi connectivity index (χ1n) is 6.54. The Hall–Kier alpha value is -1.81. The average molecular weight is 330 g/mol. The van der Waals surface area contributed by atoms with Crippen LogP contribution in [0.15, 0.2) is 47.1 Å². The molecule has 2 aromatic heterocycles. The molecule has 3 nitrogen and oxygen atoms in total. The molecule has 102 valence electrons. The SMILES string of the molecule is Cc1nc(N(C)Cc2c[nH]c3ccccc23)ccc1Br. The third kappa shape index (κ3) is 2.43. The summed E-state index contributed by atoms with van der Waals surface area (Å²) >= 11 is 3.49. The van der Waals surface area contributed by atoms with Gasteiger partial charge in [-0.3, -0.25) is 0 Å². The zero-order valence-electron chi connectivity index (χ0n) is 11.5. The normalized spacial score (nSPS) is 10.9. The Balaban J connectivity index is 1.88. The zero-order valence-corrected chi connectivity index (χ0v) is 13.1. The summed E-state index contributed by atoms with van der Waals surface area (Å²) in [4.78, 5) is 10.1. The second kappa shape index (κ2) is 5.29. The lowest BCUT2D eigenvalue weighted by atomic mass is 10.1. The fourth-order valence-corrected chi connectivity index (χ4v) is 2.56. The van der Waals surface area contributed by atoms with Gasteiger partial charge in [0.1, 0.15) is 5.82 Å². The van der Waals surface area contributed by atoms with Crippen molar-refractivity contribution in [3.05, 3.63) is 58.3 Å². The van der Waals surface area contributed by atoms with Crippen LogP contribution in [-0.4, -0.2) is 17.0 Å². The highest BCUT2D eigenvalue weighted by Crippen LogP contribution is 2.22. The Bertz CT molecular complexity index is 748. The number of nitrogens with zero attached hydrogens (tertiary/aromatic N) is 2. The Kier molecular flexibility index (Phi) is 3.49. The summed E-state index contributed by atoms with van der Waals surface area (Å²) < 4.78 is 1.04. The molecule has 20 heavy (non-hydrogen) atoms. The van der Waals surface area contributed by atoms with Crippen LogP contribution in [0.2, 0.25) is 0 Å². The first kappa shape index (κ1) is 13.2. The predicted octanol–water partition coefficient (Wildman–Crippen LogP) is 4.27. The molecule has 0 fully saturated rings. The van der Waals surface area contributed by atoms with Gasteiger partial charge in [0.05, 0.1) is 5.69 Å². The van der Waals surface area contributed by atoms with Crippen molar-refractivity contribution in [3.8, 4) is 0 Å². The van der Waals surface area contributed by atoms with Crippen LogP contribution in [0.3, 0.4) is 0 Å². The van der Waals surface area contributed by atoms with E-state index in [0.717, 1.165) is 22.5 Å². The van der Waals surface area contributed by atoms with E-state index in [-0.39, 0.29) is 0 Å². The molecule has 2 heterocycles. The van der Waals surface area contributed by atoms with E-state index in [0.29, 0.717) is 0 Å².